The van der Waals surface area contributed by atoms with E-state index < -0.39 is 0 Å². The molecule has 6 heteroatoms. The van der Waals surface area contributed by atoms with Crippen LogP contribution in [0.3, 0.4) is 0 Å². The Morgan fingerprint density at radius 3 is 2.93 bits per heavy atom. The highest BCUT2D eigenvalue weighted by Gasteiger charge is 2.13. The maximum Gasteiger partial charge on any atom is 0.231 e. The molecule has 0 bridgehead atoms. The molecule has 2 aromatic carbocycles. The van der Waals surface area contributed by atoms with E-state index in [-0.39, 0.29) is 12.7 Å². The van der Waals surface area contributed by atoms with Gasteiger partial charge in [0.05, 0.1) is 5.69 Å². The molecule has 3 aromatic rings. The zero-order chi connectivity index (χ0) is 18.6. The lowest BCUT2D eigenvalue weighted by molar-refractivity contribution is -0.121. The van der Waals surface area contributed by atoms with Gasteiger partial charge >= 0.3 is 0 Å². The number of amides is 1. The van der Waals surface area contributed by atoms with Crippen LogP contribution in [0.15, 0.2) is 47.8 Å². The number of nitrogens with one attached hydrogen (secondary N) is 1. The SMILES string of the molecule is Cc1ccccc1-c1nc(CCC(=O)NCc2ccc3c(c2)OCO3)cs1. The van der Waals surface area contributed by atoms with Gasteiger partial charge < -0.3 is 14.8 Å². The maximum absolute atomic E-state index is 12.2. The number of carbonyl (C=O) groups excluding carboxylic acids is 1. The van der Waals surface area contributed by atoms with Crippen LogP contribution in [-0.2, 0) is 17.8 Å². The first-order valence-electron chi connectivity index (χ1n) is 8.85. The van der Waals surface area contributed by atoms with Crippen LogP contribution in [-0.4, -0.2) is 17.7 Å². The predicted molar refractivity (Wildman–Crippen MR) is 105 cm³/mol. The second-order valence-electron chi connectivity index (χ2n) is 6.42. The van der Waals surface area contributed by atoms with E-state index in [2.05, 4.69) is 29.4 Å². The van der Waals surface area contributed by atoms with Gasteiger partial charge in [0.2, 0.25) is 12.7 Å². The molecule has 0 spiro atoms. The van der Waals surface area contributed by atoms with Crippen LogP contribution in [0.4, 0.5) is 0 Å². The molecule has 2 heterocycles. The van der Waals surface area contributed by atoms with Crippen molar-refractivity contribution in [3.63, 3.8) is 0 Å². The second kappa shape index (κ2) is 7.80. The van der Waals surface area contributed by atoms with E-state index in [1.807, 2.05) is 35.7 Å². The van der Waals surface area contributed by atoms with E-state index in [1.54, 1.807) is 11.3 Å². The Hall–Kier alpha value is -2.86. The molecule has 1 N–H and O–H groups in total. The summed E-state index contributed by atoms with van der Waals surface area (Å²) in [5.74, 6) is 1.49. The monoisotopic (exact) mass is 380 g/mol. The Morgan fingerprint density at radius 2 is 2.04 bits per heavy atom. The number of rotatable bonds is 6. The number of thiazole rings is 1. The van der Waals surface area contributed by atoms with Gasteiger partial charge in [-0.2, -0.15) is 0 Å². The Bertz CT molecular complexity index is 968. The summed E-state index contributed by atoms with van der Waals surface area (Å²) in [6.07, 6.45) is 1.05. The molecule has 1 amide bonds. The van der Waals surface area contributed by atoms with E-state index in [0.717, 1.165) is 33.3 Å². The van der Waals surface area contributed by atoms with Crippen molar-refractivity contribution in [2.45, 2.75) is 26.3 Å². The van der Waals surface area contributed by atoms with Gasteiger partial charge in [0.1, 0.15) is 5.01 Å². The minimum Gasteiger partial charge on any atom is -0.454 e. The molecule has 0 saturated carbocycles. The van der Waals surface area contributed by atoms with Crippen molar-refractivity contribution in [2.24, 2.45) is 0 Å². The Labute approximate surface area is 162 Å². The van der Waals surface area contributed by atoms with E-state index in [0.29, 0.717) is 19.4 Å². The lowest BCUT2D eigenvalue weighted by atomic mass is 10.1. The van der Waals surface area contributed by atoms with E-state index in [9.17, 15) is 4.79 Å². The summed E-state index contributed by atoms with van der Waals surface area (Å²) >= 11 is 1.62. The third-order valence-electron chi connectivity index (χ3n) is 4.46. The fourth-order valence-electron chi connectivity index (χ4n) is 2.94. The van der Waals surface area contributed by atoms with Gasteiger partial charge in [-0.15, -0.1) is 11.3 Å². The number of hydrogen-bond donors (Lipinski definition) is 1. The number of carbonyl (C=O) groups is 1. The molecule has 138 valence electrons. The van der Waals surface area contributed by atoms with Crippen molar-refractivity contribution in [3.8, 4) is 22.1 Å². The highest BCUT2D eigenvalue weighted by Crippen LogP contribution is 2.32. The molecule has 0 atom stereocenters. The van der Waals surface area contributed by atoms with Crippen molar-refractivity contribution in [1.82, 2.24) is 10.3 Å². The Kier molecular flexibility index (Phi) is 5.07. The van der Waals surface area contributed by atoms with Gasteiger partial charge in [-0.1, -0.05) is 30.3 Å². The first-order chi connectivity index (χ1) is 13.2. The van der Waals surface area contributed by atoms with Crippen LogP contribution >= 0.6 is 11.3 Å². The molecular formula is C21H20N2O3S. The summed E-state index contributed by atoms with van der Waals surface area (Å²) < 4.78 is 10.6. The van der Waals surface area contributed by atoms with Crippen LogP contribution in [0.25, 0.3) is 10.6 Å². The number of aryl methyl sites for hydroxylation is 2. The molecule has 1 aromatic heterocycles. The number of hydrogen-bond acceptors (Lipinski definition) is 5. The third-order valence-corrected chi connectivity index (χ3v) is 5.39. The van der Waals surface area contributed by atoms with E-state index in [4.69, 9.17) is 9.47 Å². The van der Waals surface area contributed by atoms with E-state index in [1.165, 1.54) is 5.56 Å². The van der Waals surface area contributed by atoms with Gasteiger partial charge in [-0.05, 0) is 36.6 Å². The van der Waals surface area contributed by atoms with Crippen LogP contribution in [0.1, 0.15) is 23.2 Å². The number of fused-ring (bicyclic) bond motifs is 1. The van der Waals surface area contributed by atoms with Gasteiger partial charge in [0.15, 0.2) is 11.5 Å². The van der Waals surface area contributed by atoms with Gasteiger partial charge in [-0.3, -0.25) is 4.79 Å². The zero-order valence-electron chi connectivity index (χ0n) is 15.0. The highest BCUT2D eigenvalue weighted by atomic mass is 32.1. The molecule has 4 rings (SSSR count). The maximum atomic E-state index is 12.2. The van der Waals surface area contributed by atoms with Crippen LogP contribution in [0.5, 0.6) is 11.5 Å². The number of ether oxygens (including phenoxy) is 2. The second-order valence-corrected chi connectivity index (χ2v) is 7.28. The molecule has 5 nitrogen and oxygen atoms in total. The number of aromatic nitrogens is 1. The molecular weight excluding hydrogens is 360 g/mol. The van der Waals surface area contributed by atoms with Crippen molar-refractivity contribution in [3.05, 3.63) is 64.7 Å². The molecule has 1 aliphatic rings. The fraction of sp³-hybridized carbons (Fsp3) is 0.238. The number of nitrogens with zero attached hydrogens (tertiary/aromatic N) is 1. The van der Waals surface area contributed by atoms with Gasteiger partial charge in [0.25, 0.3) is 0 Å². The van der Waals surface area contributed by atoms with Crippen LogP contribution in [0, 0.1) is 6.92 Å². The zero-order valence-corrected chi connectivity index (χ0v) is 15.8. The van der Waals surface area contributed by atoms with Crippen LogP contribution < -0.4 is 14.8 Å². The summed E-state index contributed by atoms with van der Waals surface area (Å²) in [7, 11) is 0. The van der Waals surface area contributed by atoms with E-state index >= 15 is 0 Å². The molecule has 0 fully saturated rings. The van der Waals surface area contributed by atoms with Gasteiger partial charge in [-0.25, -0.2) is 4.98 Å². The Balaban J connectivity index is 1.29. The average molecular weight is 380 g/mol. The summed E-state index contributed by atoms with van der Waals surface area (Å²) in [6.45, 7) is 2.81. The smallest absolute Gasteiger partial charge is 0.231 e. The molecule has 0 radical (unpaired) electrons. The highest BCUT2D eigenvalue weighted by molar-refractivity contribution is 7.13. The normalized spacial score (nSPS) is 12.2. The quantitative estimate of drug-likeness (QED) is 0.700. The van der Waals surface area contributed by atoms with Crippen LogP contribution in [0.2, 0.25) is 0 Å². The Morgan fingerprint density at radius 1 is 1.19 bits per heavy atom. The third kappa shape index (κ3) is 4.11. The summed E-state index contributed by atoms with van der Waals surface area (Å²) in [4.78, 5) is 16.8. The predicted octanol–water partition coefficient (Wildman–Crippen LogP) is 4.10. The van der Waals surface area contributed by atoms with Crippen molar-refractivity contribution in [2.75, 3.05) is 6.79 Å². The molecule has 0 aliphatic carbocycles. The molecule has 0 saturated heterocycles. The number of benzene rings is 2. The molecule has 0 unspecified atom stereocenters. The largest absolute Gasteiger partial charge is 0.454 e. The first kappa shape index (κ1) is 17.5. The lowest BCUT2D eigenvalue weighted by Crippen LogP contribution is -2.23. The topological polar surface area (TPSA) is 60.5 Å². The summed E-state index contributed by atoms with van der Waals surface area (Å²) in [5.41, 5.74) is 4.31. The fourth-order valence-corrected chi connectivity index (χ4v) is 3.88. The summed E-state index contributed by atoms with van der Waals surface area (Å²) in [5, 5.41) is 5.99. The molecule has 1 aliphatic heterocycles. The van der Waals surface area contributed by atoms with Crippen molar-refractivity contribution in [1.29, 1.82) is 0 Å². The van der Waals surface area contributed by atoms with Crippen molar-refractivity contribution >= 4 is 17.2 Å². The lowest BCUT2D eigenvalue weighted by Gasteiger charge is -2.06. The summed E-state index contributed by atoms with van der Waals surface area (Å²) in [6, 6.07) is 13.9. The first-order valence-corrected chi connectivity index (χ1v) is 9.72. The average Bonchev–Trinajstić information content (AvgIpc) is 3.34. The minimum absolute atomic E-state index is 0.0121. The van der Waals surface area contributed by atoms with Crippen molar-refractivity contribution < 1.29 is 14.3 Å². The standard InChI is InChI=1S/C21H20N2O3S/c1-14-4-2-3-5-17(14)21-23-16(12-27-21)7-9-20(24)22-11-15-6-8-18-19(10-15)26-13-25-18/h2-6,8,10,12H,7,9,11,13H2,1H3,(H,22,24). The minimum atomic E-state index is 0.0121. The van der Waals surface area contributed by atoms with Gasteiger partial charge in [0, 0.05) is 23.9 Å². The molecule has 27 heavy (non-hydrogen) atoms.